The van der Waals surface area contributed by atoms with E-state index >= 15 is 0 Å². The standard InChI is InChI=1S/C11H12F2N2O2/c1-2-15(11(17)10(14)16)8-5-3-7(4-6-8)9(12)13/h3-6,9H,2H2,1H3,(H2,14,16). The predicted octanol–water partition coefficient (Wildman–Crippen LogP) is 1.46. The van der Waals surface area contributed by atoms with Crippen LogP contribution in [0.15, 0.2) is 24.3 Å². The second-order valence-electron chi connectivity index (χ2n) is 3.31. The molecule has 92 valence electrons. The first-order valence-corrected chi connectivity index (χ1v) is 4.96. The molecule has 6 heteroatoms. The zero-order valence-corrected chi connectivity index (χ0v) is 9.19. The van der Waals surface area contributed by atoms with E-state index in [0.29, 0.717) is 5.69 Å². The van der Waals surface area contributed by atoms with Gasteiger partial charge in [-0.2, -0.15) is 0 Å². The van der Waals surface area contributed by atoms with Gasteiger partial charge in [-0.1, -0.05) is 12.1 Å². The summed E-state index contributed by atoms with van der Waals surface area (Å²) in [6, 6.07) is 5.12. The number of primary amides is 1. The molecule has 4 nitrogen and oxygen atoms in total. The van der Waals surface area contributed by atoms with Crippen molar-refractivity contribution >= 4 is 17.5 Å². The van der Waals surface area contributed by atoms with Crippen LogP contribution in [0.1, 0.15) is 18.9 Å². The number of nitrogens with two attached hydrogens (primary N) is 1. The highest BCUT2D eigenvalue weighted by atomic mass is 19.3. The number of anilines is 1. The second-order valence-corrected chi connectivity index (χ2v) is 3.31. The number of hydrogen-bond acceptors (Lipinski definition) is 2. The van der Waals surface area contributed by atoms with Crippen molar-refractivity contribution in [1.82, 2.24) is 0 Å². The lowest BCUT2D eigenvalue weighted by molar-refractivity contribution is -0.135. The minimum absolute atomic E-state index is 0.142. The number of amides is 2. The van der Waals surface area contributed by atoms with Gasteiger partial charge in [-0.05, 0) is 19.1 Å². The minimum atomic E-state index is -2.56. The minimum Gasteiger partial charge on any atom is -0.361 e. The van der Waals surface area contributed by atoms with E-state index in [-0.39, 0.29) is 12.1 Å². The van der Waals surface area contributed by atoms with Gasteiger partial charge in [0, 0.05) is 17.8 Å². The zero-order chi connectivity index (χ0) is 13.0. The van der Waals surface area contributed by atoms with E-state index in [1.807, 2.05) is 0 Å². The molecule has 0 heterocycles. The molecule has 1 aromatic rings. The van der Waals surface area contributed by atoms with Crippen molar-refractivity contribution in [3.05, 3.63) is 29.8 Å². The molecule has 2 N–H and O–H groups in total. The monoisotopic (exact) mass is 242 g/mol. The fourth-order valence-corrected chi connectivity index (χ4v) is 1.38. The molecule has 17 heavy (non-hydrogen) atoms. The van der Waals surface area contributed by atoms with Gasteiger partial charge in [0.1, 0.15) is 0 Å². The van der Waals surface area contributed by atoms with Gasteiger partial charge in [0.05, 0.1) is 0 Å². The van der Waals surface area contributed by atoms with E-state index in [9.17, 15) is 18.4 Å². The Morgan fingerprint density at radius 2 is 1.82 bits per heavy atom. The van der Waals surface area contributed by atoms with Gasteiger partial charge in [-0.3, -0.25) is 9.59 Å². The van der Waals surface area contributed by atoms with Crippen molar-refractivity contribution in [1.29, 1.82) is 0 Å². The summed E-state index contributed by atoms with van der Waals surface area (Å²) in [5.41, 5.74) is 5.10. The Morgan fingerprint density at radius 3 is 2.18 bits per heavy atom. The maximum atomic E-state index is 12.3. The van der Waals surface area contributed by atoms with Crippen molar-refractivity contribution in [2.45, 2.75) is 13.3 Å². The number of carbonyl (C=O) groups excluding carboxylic acids is 2. The molecule has 0 aromatic heterocycles. The maximum absolute atomic E-state index is 12.3. The smallest absolute Gasteiger partial charge is 0.316 e. The maximum Gasteiger partial charge on any atom is 0.316 e. The summed E-state index contributed by atoms with van der Waals surface area (Å²) < 4.78 is 24.6. The second kappa shape index (κ2) is 5.38. The van der Waals surface area contributed by atoms with Crippen LogP contribution in [0, 0.1) is 0 Å². The lowest BCUT2D eigenvalue weighted by Gasteiger charge is -2.19. The molecule has 0 bridgehead atoms. The molecule has 1 rings (SSSR count). The first-order chi connectivity index (χ1) is 7.97. The van der Waals surface area contributed by atoms with Crippen molar-refractivity contribution in [2.24, 2.45) is 5.73 Å². The Balaban J connectivity index is 2.97. The summed E-state index contributed by atoms with van der Waals surface area (Å²) in [4.78, 5) is 23.3. The summed E-state index contributed by atoms with van der Waals surface area (Å²) in [7, 11) is 0. The molecule has 0 aliphatic heterocycles. The van der Waals surface area contributed by atoms with Crippen LogP contribution in [-0.4, -0.2) is 18.4 Å². The number of halogens is 2. The largest absolute Gasteiger partial charge is 0.361 e. The summed E-state index contributed by atoms with van der Waals surface area (Å²) in [6.07, 6.45) is -2.56. The van der Waals surface area contributed by atoms with Crippen LogP contribution in [-0.2, 0) is 9.59 Å². The summed E-state index contributed by atoms with van der Waals surface area (Å²) >= 11 is 0. The van der Waals surface area contributed by atoms with Crippen molar-refractivity contribution < 1.29 is 18.4 Å². The molecular formula is C11H12F2N2O2. The van der Waals surface area contributed by atoms with Crippen molar-refractivity contribution in [2.75, 3.05) is 11.4 Å². The van der Waals surface area contributed by atoms with Crippen LogP contribution in [0.5, 0.6) is 0 Å². The molecule has 0 fully saturated rings. The number of hydrogen-bond donors (Lipinski definition) is 1. The molecule has 2 amide bonds. The third-order valence-corrected chi connectivity index (χ3v) is 2.23. The van der Waals surface area contributed by atoms with Gasteiger partial charge in [0.2, 0.25) is 0 Å². The van der Waals surface area contributed by atoms with E-state index < -0.39 is 18.2 Å². The van der Waals surface area contributed by atoms with Crippen LogP contribution in [0.2, 0.25) is 0 Å². The molecular weight excluding hydrogens is 230 g/mol. The lowest BCUT2D eigenvalue weighted by Crippen LogP contribution is -2.40. The van der Waals surface area contributed by atoms with Crippen molar-refractivity contribution in [3.8, 4) is 0 Å². The number of alkyl halides is 2. The SMILES string of the molecule is CCN(C(=O)C(N)=O)c1ccc(C(F)F)cc1. The first kappa shape index (κ1) is 13.1. The molecule has 1 aromatic carbocycles. The average molecular weight is 242 g/mol. The van der Waals surface area contributed by atoms with Crippen LogP contribution in [0.4, 0.5) is 14.5 Å². The molecule has 0 unspecified atom stereocenters. The van der Waals surface area contributed by atoms with Gasteiger partial charge >= 0.3 is 11.8 Å². The van der Waals surface area contributed by atoms with Crippen LogP contribution in [0.3, 0.4) is 0 Å². The number of nitrogens with zero attached hydrogens (tertiary/aromatic N) is 1. The van der Waals surface area contributed by atoms with Gasteiger partial charge in [0.15, 0.2) is 0 Å². The van der Waals surface area contributed by atoms with E-state index in [1.165, 1.54) is 24.3 Å². The molecule has 0 saturated heterocycles. The van der Waals surface area contributed by atoms with E-state index in [0.717, 1.165) is 4.90 Å². The Labute approximate surface area is 97.0 Å². The summed E-state index contributed by atoms with van der Waals surface area (Å²) in [5, 5.41) is 0. The third kappa shape index (κ3) is 2.99. The normalized spacial score (nSPS) is 10.4. The van der Waals surface area contributed by atoms with Crippen molar-refractivity contribution in [3.63, 3.8) is 0 Å². The lowest BCUT2D eigenvalue weighted by atomic mass is 10.2. The van der Waals surface area contributed by atoms with E-state index in [1.54, 1.807) is 6.92 Å². The Bertz CT molecular complexity index is 418. The fraction of sp³-hybridized carbons (Fsp3) is 0.273. The van der Waals surface area contributed by atoms with Gasteiger partial charge < -0.3 is 10.6 Å². The number of likely N-dealkylation sites (N-methyl/N-ethyl adjacent to an activating group) is 1. The highest BCUT2D eigenvalue weighted by molar-refractivity contribution is 6.39. The predicted molar refractivity (Wildman–Crippen MR) is 58.6 cm³/mol. The van der Waals surface area contributed by atoms with Crippen LogP contribution < -0.4 is 10.6 Å². The Morgan fingerprint density at radius 1 is 1.29 bits per heavy atom. The quantitative estimate of drug-likeness (QED) is 0.815. The van der Waals surface area contributed by atoms with Gasteiger partial charge in [0.25, 0.3) is 6.43 Å². The van der Waals surface area contributed by atoms with Crippen LogP contribution in [0.25, 0.3) is 0 Å². The van der Waals surface area contributed by atoms with Crippen LogP contribution >= 0.6 is 0 Å². The first-order valence-electron chi connectivity index (χ1n) is 4.96. The number of rotatable bonds is 3. The molecule has 0 aliphatic carbocycles. The summed E-state index contributed by atoms with van der Waals surface area (Å²) in [5.74, 6) is -1.94. The molecule has 0 spiro atoms. The highest BCUT2D eigenvalue weighted by Crippen LogP contribution is 2.22. The topological polar surface area (TPSA) is 63.4 Å². The van der Waals surface area contributed by atoms with Gasteiger partial charge in [-0.25, -0.2) is 8.78 Å². The van der Waals surface area contributed by atoms with Gasteiger partial charge in [-0.15, -0.1) is 0 Å². The number of benzene rings is 1. The Hall–Kier alpha value is -1.98. The summed E-state index contributed by atoms with van der Waals surface area (Å²) in [6.45, 7) is 1.89. The van der Waals surface area contributed by atoms with E-state index in [2.05, 4.69) is 0 Å². The number of carbonyl (C=O) groups is 2. The molecule has 0 radical (unpaired) electrons. The Kier molecular flexibility index (Phi) is 4.14. The fourth-order valence-electron chi connectivity index (χ4n) is 1.38. The van der Waals surface area contributed by atoms with E-state index in [4.69, 9.17) is 5.73 Å². The molecule has 0 aliphatic rings. The average Bonchev–Trinajstić information content (AvgIpc) is 2.30. The molecule has 0 atom stereocenters. The zero-order valence-electron chi connectivity index (χ0n) is 9.19. The third-order valence-electron chi connectivity index (χ3n) is 2.23. The molecule has 0 saturated carbocycles. The highest BCUT2D eigenvalue weighted by Gasteiger charge is 2.19.